The molecule has 1 saturated carbocycles. The van der Waals surface area contributed by atoms with E-state index in [-0.39, 0.29) is 35.5 Å². The third kappa shape index (κ3) is 7.76. The monoisotopic (exact) mass is 529 g/mol. The van der Waals surface area contributed by atoms with E-state index in [9.17, 15) is 18.7 Å². The molecule has 1 amide bonds. The Kier molecular flexibility index (Phi) is 10.3. The summed E-state index contributed by atoms with van der Waals surface area (Å²) < 4.78 is 28.8. The van der Waals surface area contributed by atoms with Gasteiger partial charge in [0.15, 0.2) is 0 Å². The van der Waals surface area contributed by atoms with Crippen molar-refractivity contribution in [3.63, 3.8) is 0 Å². The van der Waals surface area contributed by atoms with Gasteiger partial charge in [0.1, 0.15) is 11.6 Å². The number of benzene rings is 2. The Morgan fingerprint density at radius 1 is 1.11 bits per heavy atom. The van der Waals surface area contributed by atoms with Crippen LogP contribution < -0.4 is 16.0 Å². The van der Waals surface area contributed by atoms with E-state index >= 15 is 0 Å². The van der Waals surface area contributed by atoms with E-state index in [2.05, 4.69) is 61.0 Å². The maximum atomic E-state index is 14.6. The summed E-state index contributed by atoms with van der Waals surface area (Å²) in [6.07, 6.45) is 5.18. The molecule has 5 nitrogen and oxygen atoms in total. The number of rotatable bonds is 11. The van der Waals surface area contributed by atoms with Crippen LogP contribution in [0.5, 0.6) is 0 Å². The SMILES string of the molecule is CCCNc1c(F)cc(F)cc1CC(NC(C)=O)C(O)CNC1(c2cccc(C(C)(C)C)c2)CCCCC1. The molecule has 1 aliphatic rings. The van der Waals surface area contributed by atoms with E-state index in [0.717, 1.165) is 38.2 Å². The molecule has 0 saturated heterocycles. The minimum Gasteiger partial charge on any atom is -0.390 e. The van der Waals surface area contributed by atoms with Crippen molar-refractivity contribution in [2.45, 2.75) is 103 Å². The normalized spacial score (nSPS) is 17.1. The number of aliphatic hydroxyl groups excluding tert-OH is 1. The van der Waals surface area contributed by atoms with Crippen LogP contribution in [0.25, 0.3) is 0 Å². The fourth-order valence-electron chi connectivity index (χ4n) is 5.47. The summed E-state index contributed by atoms with van der Waals surface area (Å²) in [5.41, 5.74) is 2.82. The lowest BCUT2D eigenvalue weighted by atomic mass is 9.74. The zero-order valence-electron chi connectivity index (χ0n) is 23.6. The average Bonchev–Trinajstić information content (AvgIpc) is 2.86. The third-order valence-electron chi connectivity index (χ3n) is 7.62. The summed E-state index contributed by atoms with van der Waals surface area (Å²) in [5, 5.41) is 20.8. The van der Waals surface area contributed by atoms with Gasteiger partial charge in [0.05, 0.1) is 17.8 Å². The average molecular weight is 530 g/mol. The van der Waals surface area contributed by atoms with E-state index in [1.807, 2.05) is 6.92 Å². The molecule has 2 atom stereocenters. The van der Waals surface area contributed by atoms with Crippen LogP contribution in [0.4, 0.5) is 14.5 Å². The highest BCUT2D eigenvalue weighted by molar-refractivity contribution is 5.73. The third-order valence-corrected chi connectivity index (χ3v) is 7.62. The van der Waals surface area contributed by atoms with E-state index in [0.29, 0.717) is 12.1 Å². The smallest absolute Gasteiger partial charge is 0.217 e. The van der Waals surface area contributed by atoms with Gasteiger partial charge in [0.2, 0.25) is 5.91 Å². The number of amides is 1. The highest BCUT2D eigenvalue weighted by Gasteiger charge is 2.35. The first-order chi connectivity index (χ1) is 17.9. The largest absolute Gasteiger partial charge is 0.390 e. The predicted octanol–water partition coefficient (Wildman–Crippen LogP) is 5.94. The molecule has 2 aromatic rings. The van der Waals surface area contributed by atoms with Gasteiger partial charge < -0.3 is 21.1 Å². The van der Waals surface area contributed by atoms with Crippen molar-refractivity contribution in [3.8, 4) is 0 Å². The van der Waals surface area contributed by atoms with Gasteiger partial charge in [-0.05, 0) is 53.9 Å². The summed E-state index contributed by atoms with van der Waals surface area (Å²) in [5.74, 6) is -1.67. The lowest BCUT2D eigenvalue weighted by Crippen LogP contribution is -2.53. The molecular formula is C31H45F2N3O2. The lowest BCUT2D eigenvalue weighted by molar-refractivity contribution is -0.120. The van der Waals surface area contributed by atoms with Gasteiger partial charge in [-0.2, -0.15) is 0 Å². The quantitative estimate of drug-likeness (QED) is 0.291. The molecule has 7 heteroatoms. The number of hydrogen-bond acceptors (Lipinski definition) is 4. The van der Waals surface area contributed by atoms with Gasteiger partial charge in [-0.25, -0.2) is 8.78 Å². The van der Waals surface area contributed by atoms with Gasteiger partial charge in [-0.3, -0.25) is 4.79 Å². The van der Waals surface area contributed by atoms with E-state index in [1.54, 1.807) is 0 Å². The number of carbonyl (C=O) groups excluding carboxylic acids is 1. The first-order valence-electron chi connectivity index (χ1n) is 14.0. The van der Waals surface area contributed by atoms with Crippen molar-refractivity contribution in [2.24, 2.45) is 0 Å². The molecule has 1 aliphatic carbocycles. The molecule has 38 heavy (non-hydrogen) atoms. The summed E-state index contributed by atoms with van der Waals surface area (Å²) >= 11 is 0. The molecule has 0 aliphatic heterocycles. The van der Waals surface area contributed by atoms with E-state index in [4.69, 9.17) is 0 Å². The Morgan fingerprint density at radius 3 is 2.45 bits per heavy atom. The number of halogens is 2. The van der Waals surface area contributed by atoms with E-state index in [1.165, 1.54) is 30.5 Å². The first kappa shape index (κ1) is 30.0. The van der Waals surface area contributed by atoms with Gasteiger partial charge in [0, 0.05) is 31.6 Å². The van der Waals surface area contributed by atoms with Crippen molar-refractivity contribution in [1.29, 1.82) is 0 Å². The second-order valence-corrected chi connectivity index (χ2v) is 11.8. The summed E-state index contributed by atoms with van der Waals surface area (Å²) in [7, 11) is 0. The van der Waals surface area contributed by atoms with E-state index < -0.39 is 23.8 Å². The van der Waals surface area contributed by atoms with Crippen molar-refractivity contribution in [3.05, 3.63) is 64.7 Å². The summed E-state index contributed by atoms with van der Waals surface area (Å²) in [6, 6.07) is 10.1. The molecule has 0 heterocycles. The standard InChI is InChI=1S/C31H45F2N3O2/c1-6-15-34-29-22(16-25(32)19-26(29)33)17-27(36-21(2)37)28(38)20-35-31(13-8-7-9-14-31)24-12-10-11-23(18-24)30(3,4)5/h10-12,16,18-19,27-28,34-35,38H,6-9,13-15,17,20H2,1-5H3,(H,36,37). The van der Waals surface area contributed by atoms with Crippen LogP contribution in [0.2, 0.25) is 0 Å². The molecule has 2 aromatic carbocycles. The molecule has 2 unspecified atom stereocenters. The maximum absolute atomic E-state index is 14.6. The zero-order valence-corrected chi connectivity index (χ0v) is 23.6. The van der Waals surface area contributed by atoms with Gasteiger partial charge in [0.25, 0.3) is 0 Å². The predicted molar refractivity (Wildman–Crippen MR) is 150 cm³/mol. The number of nitrogens with one attached hydrogen (secondary N) is 3. The Bertz CT molecular complexity index is 1080. The maximum Gasteiger partial charge on any atom is 0.217 e. The number of hydrogen-bond donors (Lipinski definition) is 4. The molecule has 0 aromatic heterocycles. The Balaban J connectivity index is 1.85. The van der Waals surface area contributed by atoms with Crippen LogP contribution in [0.15, 0.2) is 36.4 Å². The van der Waals surface area contributed by atoms with Crippen molar-refractivity contribution < 1.29 is 18.7 Å². The molecule has 0 radical (unpaired) electrons. The number of anilines is 1. The molecule has 210 valence electrons. The second kappa shape index (κ2) is 13.0. The molecule has 0 bridgehead atoms. The van der Waals surface area contributed by atoms with Crippen molar-refractivity contribution in [1.82, 2.24) is 10.6 Å². The Hall–Kier alpha value is -2.51. The van der Waals surface area contributed by atoms with Gasteiger partial charge in [-0.15, -0.1) is 0 Å². The van der Waals surface area contributed by atoms with Gasteiger partial charge in [-0.1, -0.05) is 71.2 Å². The lowest BCUT2D eigenvalue weighted by Gasteiger charge is -2.41. The zero-order chi connectivity index (χ0) is 27.9. The minimum atomic E-state index is -0.964. The van der Waals surface area contributed by atoms with Crippen LogP contribution in [0, 0.1) is 11.6 Å². The highest BCUT2D eigenvalue weighted by atomic mass is 19.1. The second-order valence-electron chi connectivity index (χ2n) is 11.8. The van der Waals surface area contributed by atoms with Crippen LogP contribution >= 0.6 is 0 Å². The summed E-state index contributed by atoms with van der Waals surface area (Å²) in [6.45, 7) is 10.7. The minimum absolute atomic E-state index is 0.0195. The molecule has 4 N–H and O–H groups in total. The van der Waals surface area contributed by atoms with Crippen molar-refractivity contribution in [2.75, 3.05) is 18.4 Å². The van der Waals surface area contributed by atoms with Crippen molar-refractivity contribution >= 4 is 11.6 Å². The van der Waals surface area contributed by atoms with Crippen LogP contribution in [0.3, 0.4) is 0 Å². The first-order valence-corrected chi connectivity index (χ1v) is 14.0. The topological polar surface area (TPSA) is 73.4 Å². The molecular weight excluding hydrogens is 484 g/mol. The summed E-state index contributed by atoms with van der Waals surface area (Å²) in [4.78, 5) is 12.1. The Morgan fingerprint density at radius 2 is 1.82 bits per heavy atom. The van der Waals surface area contributed by atoms with Crippen LogP contribution in [-0.4, -0.2) is 36.2 Å². The van der Waals surface area contributed by atoms with Crippen LogP contribution in [-0.2, 0) is 22.2 Å². The molecule has 3 rings (SSSR count). The fourth-order valence-corrected chi connectivity index (χ4v) is 5.47. The van der Waals surface area contributed by atoms with Gasteiger partial charge >= 0.3 is 0 Å². The highest BCUT2D eigenvalue weighted by Crippen LogP contribution is 2.38. The number of aliphatic hydroxyl groups is 1. The number of carbonyl (C=O) groups is 1. The Labute approximate surface area is 226 Å². The fraction of sp³-hybridized carbons (Fsp3) is 0.581. The van der Waals surface area contributed by atoms with Crippen LogP contribution in [0.1, 0.15) is 89.8 Å². The molecule has 0 spiro atoms. The molecule has 1 fully saturated rings.